The van der Waals surface area contributed by atoms with Gasteiger partial charge in [-0.05, 0) is 30.4 Å². The predicted molar refractivity (Wildman–Crippen MR) is 86.5 cm³/mol. The molecule has 1 aromatic heterocycles. The van der Waals surface area contributed by atoms with Crippen molar-refractivity contribution >= 4 is 0 Å². The highest BCUT2D eigenvalue weighted by Gasteiger charge is 2.19. The fourth-order valence-electron chi connectivity index (χ4n) is 2.74. The van der Waals surface area contributed by atoms with Gasteiger partial charge in [-0.3, -0.25) is 4.68 Å². The van der Waals surface area contributed by atoms with Gasteiger partial charge >= 0.3 is 0 Å². The average molecular weight is 286 g/mol. The zero-order valence-corrected chi connectivity index (χ0v) is 13.9. The smallest absolute Gasteiger partial charge is 0.0866 e. The molecular formula is C18H26N2O. The fourth-order valence-corrected chi connectivity index (χ4v) is 2.74. The number of hydrogen-bond donors (Lipinski definition) is 1. The van der Waals surface area contributed by atoms with Crippen molar-refractivity contribution < 1.29 is 5.11 Å². The van der Waals surface area contributed by atoms with Crippen molar-refractivity contribution in [2.75, 3.05) is 0 Å². The van der Waals surface area contributed by atoms with Crippen LogP contribution in [0.5, 0.6) is 0 Å². The second-order valence-electron chi connectivity index (χ2n) is 6.87. The number of rotatable bonds is 3. The second-order valence-corrected chi connectivity index (χ2v) is 6.87. The van der Waals surface area contributed by atoms with E-state index in [9.17, 15) is 5.11 Å². The summed E-state index contributed by atoms with van der Waals surface area (Å²) in [5, 5.41) is 14.9. The lowest BCUT2D eigenvalue weighted by molar-refractivity contribution is 0.177. The highest BCUT2D eigenvalue weighted by atomic mass is 16.3. The highest BCUT2D eigenvalue weighted by Crippen LogP contribution is 2.26. The number of aromatic nitrogens is 2. The second kappa shape index (κ2) is 5.64. The molecule has 0 spiro atoms. The first-order valence-electron chi connectivity index (χ1n) is 7.47. The third-order valence-corrected chi connectivity index (χ3v) is 4.15. The number of nitrogens with zero attached hydrogens (tertiary/aromatic N) is 2. The van der Waals surface area contributed by atoms with E-state index in [0.717, 1.165) is 22.5 Å². The van der Waals surface area contributed by atoms with E-state index in [-0.39, 0.29) is 5.41 Å². The maximum absolute atomic E-state index is 10.5. The van der Waals surface area contributed by atoms with Gasteiger partial charge in [0.05, 0.1) is 11.8 Å². The van der Waals surface area contributed by atoms with Crippen molar-refractivity contribution in [3.05, 3.63) is 52.3 Å². The van der Waals surface area contributed by atoms with Gasteiger partial charge in [0.2, 0.25) is 0 Å². The first kappa shape index (κ1) is 15.8. The zero-order chi connectivity index (χ0) is 15.8. The lowest BCUT2D eigenvalue weighted by atomic mass is 9.86. The van der Waals surface area contributed by atoms with Crippen LogP contribution in [0.15, 0.2) is 24.3 Å². The predicted octanol–water partition coefficient (Wildman–Crippen LogP) is 3.61. The summed E-state index contributed by atoms with van der Waals surface area (Å²) in [6, 6.07) is 8.55. The number of benzene rings is 1. The molecule has 1 atom stereocenters. The Hall–Kier alpha value is -1.61. The maximum Gasteiger partial charge on any atom is 0.0866 e. The normalized spacial score (nSPS) is 13.5. The molecule has 114 valence electrons. The van der Waals surface area contributed by atoms with Crippen molar-refractivity contribution in [1.82, 2.24) is 9.78 Å². The van der Waals surface area contributed by atoms with E-state index in [0.29, 0.717) is 6.42 Å². The largest absolute Gasteiger partial charge is 0.388 e. The third kappa shape index (κ3) is 3.35. The molecule has 0 bridgehead atoms. The monoisotopic (exact) mass is 286 g/mol. The van der Waals surface area contributed by atoms with Crippen molar-refractivity contribution in [3.63, 3.8) is 0 Å². The standard InChI is InChI=1S/C18H26N2O/c1-12-17(13(2)20(6)19-12)16(21)11-14-7-9-15(10-8-14)18(3,4)5/h7-10,16,21H,11H2,1-6H3. The Morgan fingerprint density at radius 2 is 1.71 bits per heavy atom. The van der Waals surface area contributed by atoms with Gasteiger partial charge in [0.1, 0.15) is 0 Å². The maximum atomic E-state index is 10.5. The van der Waals surface area contributed by atoms with Crippen LogP contribution in [0.1, 0.15) is 55.0 Å². The summed E-state index contributed by atoms with van der Waals surface area (Å²) in [7, 11) is 1.91. The average Bonchev–Trinajstić information content (AvgIpc) is 2.62. The SMILES string of the molecule is Cc1nn(C)c(C)c1C(O)Cc1ccc(C(C)(C)C)cc1. The van der Waals surface area contributed by atoms with Crippen LogP contribution in [-0.2, 0) is 18.9 Å². The molecule has 0 aliphatic carbocycles. The molecule has 3 heteroatoms. The van der Waals surface area contributed by atoms with E-state index in [4.69, 9.17) is 0 Å². The van der Waals surface area contributed by atoms with E-state index in [1.54, 1.807) is 0 Å². The Labute approximate surface area is 127 Å². The zero-order valence-electron chi connectivity index (χ0n) is 13.9. The topological polar surface area (TPSA) is 38.0 Å². The lowest BCUT2D eigenvalue weighted by Gasteiger charge is -2.19. The molecule has 0 aliphatic heterocycles. The lowest BCUT2D eigenvalue weighted by Crippen LogP contribution is -2.11. The number of hydrogen-bond acceptors (Lipinski definition) is 2. The highest BCUT2D eigenvalue weighted by molar-refractivity contribution is 5.31. The van der Waals surface area contributed by atoms with Crippen LogP contribution in [-0.4, -0.2) is 14.9 Å². The molecule has 0 radical (unpaired) electrons. The molecule has 3 nitrogen and oxygen atoms in total. The van der Waals surface area contributed by atoms with Crippen LogP contribution in [0.2, 0.25) is 0 Å². The summed E-state index contributed by atoms with van der Waals surface area (Å²) in [5.74, 6) is 0. The van der Waals surface area contributed by atoms with Gasteiger partial charge in [0.25, 0.3) is 0 Å². The Morgan fingerprint density at radius 3 is 2.14 bits per heavy atom. The van der Waals surface area contributed by atoms with Crippen LogP contribution >= 0.6 is 0 Å². The molecular weight excluding hydrogens is 260 g/mol. The molecule has 1 unspecified atom stereocenters. The van der Waals surface area contributed by atoms with Crippen molar-refractivity contribution in [1.29, 1.82) is 0 Å². The first-order valence-corrected chi connectivity index (χ1v) is 7.47. The molecule has 0 amide bonds. The van der Waals surface area contributed by atoms with Gasteiger partial charge in [-0.2, -0.15) is 5.10 Å². The fraction of sp³-hybridized carbons (Fsp3) is 0.500. The molecule has 0 aliphatic rings. The number of aryl methyl sites for hydroxylation is 2. The summed E-state index contributed by atoms with van der Waals surface area (Å²) in [5.41, 5.74) is 5.53. The van der Waals surface area contributed by atoms with E-state index in [2.05, 4.69) is 50.1 Å². The van der Waals surface area contributed by atoms with Crippen molar-refractivity contribution in [3.8, 4) is 0 Å². The molecule has 0 fully saturated rings. The van der Waals surface area contributed by atoms with E-state index in [1.165, 1.54) is 5.56 Å². The summed E-state index contributed by atoms with van der Waals surface area (Å²) in [4.78, 5) is 0. The summed E-state index contributed by atoms with van der Waals surface area (Å²) in [6.07, 6.45) is 0.122. The minimum atomic E-state index is -0.501. The Kier molecular flexibility index (Phi) is 4.24. The number of aliphatic hydroxyl groups is 1. The van der Waals surface area contributed by atoms with Crippen LogP contribution in [0.25, 0.3) is 0 Å². The molecule has 21 heavy (non-hydrogen) atoms. The van der Waals surface area contributed by atoms with Crippen LogP contribution in [0, 0.1) is 13.8 Å². The summed E-state index contributed by atoms with van der Waals surface area (Å²) < 4.78 is 1.83. The van der Waals surface area contributed by atoms with Gasteiger partial charge in [-0.15, -0.1) is 0 Å². The van der Waals surface area contributed by atoms with Gasteiger partial charge in [0, 0.05) is 24.7 Å². The third-order valence-electron chi connectivity index (χ3n) is 4.15. The molecule has 2 aromatic rings. The van der Waals surface area contributed by atoms with Gasteiger partial charge in [-0.1, -0.05) is 45.0 Å². The van der Waals surface area contributed by atoms with E-state index >= 15 is 0 Å². The number of aliphatic hydroxyl groups excluding tert-OH is 1. The summed E-state index contributed by atoms with van der Waals surface area (Å²) >= 11 is 0. The molecule has 1 aromatic carbocycles. The molecule has 2 rings (SSSR count). The van der Waals surface area contributed by atoms with Gasteiger partial charge in [0.15, 0.2) is 0 Å². The quantitative estimate of drug-likeness (QED) is 0.936. The minimum absolute atomic E-state index is 0.160. The van der Waals surface area contributed by atoms with Crippen LogP contribution in [0.4, 0.5) is 0 Å². The summed E-state index contributed by atoms with van der Waals surface area (Å²) in [6.45, 7) is 10.6. The van der Waals surface area contributed by atoms with E-state index < -0.39 is 6.10 Å². The van der Waals surface area contributed by atoms with Crippen molar-refractivity contribution in [2.45, 2.75) is 52.6 Å². The van der Waals surface area contributed by atoms with E-state index in [1.807, 2.05) is 25.6 Å². The van der Waals surface area contributed by atoms with Crippen LogP contribution in [0.3, 0.4) is 0 Å². The van der Waals surface area contributed by atoms with Crippen molar-refractivity contribution in [2.24, 2.45) is 7.05 Å². The Bertz CT molecular complexity index is 618. The molecule has 1 heterocycles. The minimum Gasteiger partial charge on any atom is -0.388 e. The van der Waals surface area contributed by atoms with Gasteiger partial charge in [-0.25, -0.2) is 0 Å². The first-order chi connectivity index (χ1) is 9.70. The molecule has 0 saturated heterocycles. The Morgan fingerprint density at radius 1 is 1.14 bits per heavy atom. The molecule has 1 N–H and O–H groups in total. The van der Waals surface area contributed by atoms with Gasteiger partial charge < -0.3 is 5.11 Å². The van der Waals surface area contributed by atoms with Crippen LogP contribution < -0.4 is 0 Å². The molecule has 0 saturated carbocycles. The Balaban J connectivity index is 2.18.